The fourth-order valence-electron chi connectivity index (χ4n) is 2.11. The molecule has 0 unspecified atom stereocenters. The number of amides is 1. The predicted molar refractivity (Wildman–Crippen MR) is 97.4 cm³/mol. The summed E-state index contributed by atoms with van der Waals surface area (Å²) in [5.74, 6) is -2.26. The van der Waals surface area contributed by atoms with Crippen LogP contribution >= 0.6 is 11.6 Å². The lowest BCUT2D eigenvalue weighted by molar-refractivity contribution is -0.117. The summed E-state index contributed by atoms with van der Waals surface area (Å²) in [6.45, 7) is 3.40. The molecule has 0 radical (unpaired) electrons. The van der Waals surface area contributed by atoms with Gasteiger partial charge >= 0.3 is 0 Å². The van der Waals surface area contributed by atoms with Gasteiger partial charge < -0.3 is 10.1 Å². The van der Waals surface area contributed by atoms with Crippen molar-refractivity contribution in [3.05, 3.63) is 53.1 Å². The largest absolute Gasteiger partial charge is 0.492 e. The van der Waals surface area contributed by atoms with E-state index in [1.54, 1.807) is 6.92 Å². The van der Waals surface area contributed by atoms with Crippen molar-refractivity contribution in [1.29, 1.82) is 0 Å². The summed E-state index contributed by atoms with van der Waals surface area (Å²) >= 11 is 5.98. The van der Waals surface area contributed by atoms with Crippen LogP contribution in [0.2, 0.25) is 5.02 Å². The molecule has 0 saturated heterocycles. The first-order valence-corrected chi connectivity index (χ1v) is 9.70. The number of benzene rings is 2. The Labute approximate surface area is 160 Å². The Morgan fingerprint density at radius 2 is 1.93 bits per heavy atom. The highest BCUT2D eigenvalue weighted by molar-refractivity contribution is 7.89. The molecule has 2 N–H and O–H groups in total. The molecule has 1 amide bonds. The van der Waals surface area contributed by atoms with Crippen LogP contribution in [-0.4, -0.2) is 27.0 Å². The summed E-state index contributed by atoms with van der Waals surface area (Å²) < 4.78 is 58.7. The van der Waals surface area contributed by atoms with Gasteiger partial charge in [-0.2, -0.15) is 4.72 Å². The molecule has 0 spiro atoms. The van der Waals surface area contributed by atoms with Gasteiger partial charge in [-0.15, -0.1) is 0 Å². The number of hydrogen-bond acceptors (Lipinski definition) is 4. The fraction of sp³-hybridized carbons (Fsp3) is 0.235. The summed E-state index contributed by atoms with van der Waals surface area (Å²) in [5.41, 5.74) is -0.267. The molecule has 0 heterocycles. The predicted octanol–water partition coefficient (Wildman–Crippen LogP) is 3.32. The molecule has 0 aliphatic heterocycles. The van der Waals surface area contributed by atoms with E-state index in [4.69, 9.17) is 16.3 Å². The standard InChI is InChI=1S/C17H17ClF2N2O4S/c1-3-26-16-7-5-12(9-13(16)18)27(24,25)22-10(2)17(23)21-15-6-4-11(19)8-14(15)20/h4-10,22H,3H2,1-2H3,(H,21,23)/t10-/m1/s1. The Morgan fingerprint density at radius 1 is 1.22 bits per heavy atom. The van der Waals surface area contributed by atoms with Crippen molar-refractivity contribution in [1.82, 2.24) is 4.72 Å². The van der Waals surface area contributed by atoms with Gasteiger partial charge in [0, 0.05) is 6.07 Å². The quantitative estimate of drug-likeness (QED) is 0.722. The smallest absolute Gasteiger partial charge is 0.242 e. The van der Waals surface area contributed by atoms with Crippen LogP contribution in [0, 0.1) is 11.6 Å². The van der Waals surface area contributed by atoms with Crippen molar-refractivity contribution >= 4 is 33.2 Å². The van der Waals surface area contributed by atoms with Crippen LogP contribution in [-0.2, 0) is 14.8 Å². The Kier molecular flexibility index (Phi) is 6.74. The van der Waals surface area contributed by atoms with E-state index in [0.29, 0.717) is 18.4 Å². The molecule has 0 fully saturated rings. The third-order valence-corrected chi connectivity index (χ3v) is 5.26. The third-order valence-electron chi connectivity index (χ3n) is 3.43. The maximum absolute atomic E-state index is 13.6. The Hall–Kier alpha value is -2.23. The molecule has 146 valence electrons. The summed E-state index contributed by atoms with van der Waals surface area (Å²) in [5, 5.41) is 2.30. The van der Waals surface area contributed by atoms with E-state index >= 15 is 0 Å². The van der Waals surface area contributed by atoms with E-state index in [1.165, 1.54) is 25.1 Å². The molecule has 10 heteroatoms. The Bertz CT molecular complexity index is 954. The van der Waals surface area contributed by atoms with Crippen molar-refractivity contribution in [3.8, 4) is 5.75 Å². The van der Waals surface area contributed by atoms with Crippen LogP contribution in [0.1, 0.15) is 13.8 Å². The van der Waals surface area contributed by atoms with Crippen LogP contribution in [0.4, 0.5) is 14.5 Å². The second-order valence-corrected chi connectivity index (χ2v) is 7.60. The van der Waals surface area contributed by atoms with Crippen LogP contribution in [0.25, 0.3) is 0 Å². The molecule has 0 aliphatic rings. The SMILES string of the molecule is CCOc1ccc(S(=O)(=O)N[C@H](C)C(=O)Nc2ccc(F)cc2F)cc1Cl. The maximum atomic E-state index is 13.6. The van der Waals surface area contributed by atoms with Gasteiger partial charge in [-0.05, 0) is 44.2 Å². The number of nitrogens with one attached hydrogen (secondary N) is 2. The maximum Gasteiger partial charge on any atom is 0.242 e. The highest BCUT2D eigenvalue weighted by Crippen LogP contribution is 2.27. The van der Waals surface area contributed by atoms with E-state index in [1.807, 2.05) is 0 Å². The van der Waals surface area contributed by atoms with Gasteiger partial charge in [-0.1, -0.05) is 11.6 Å². The molecule has 27 heavy (non-hydrogen) atoms. The van der Waals surface area contributed by atoms with Gasteiger partial charge in [0.15, 0.2) is 0 Å². The normalized spacial score (nSPS) is 12.5. The lowest BCUT2D eigenvalue weighted by Crippen LogP contribution is -2.41. The van der Waals surface area contributed by atoms with E-state index in [-0.39, 0.29) is 15.6 Å². The molecule has 0 saturated carbocycles. The van der Waals surface area contributed by atoms with E-state index in [2.05, 4.69) is 10.0 Å². The van der Waals surface area contributed by atoms with Gasteiger partial charge in [-0.3, -0.25) is 4.79 Å². The number of carbonyl (C=O) groups is 1. The lowest BCUT2D eigenvalue weighted by Gasteiger charge is -2.15. The number of rotatable bonds is 7. The van der Waals surface area contributed by atoms with Crippen molar-refractivity contribution in [2.75, 3.05) is 11.9 Å². The average Bonchev–Trinajstić information content (AvgIpc) is 2.58. The molecule has 2 aromatic rings. The summed E-state index contributed by atoms with van der Waals surface area (Å²) in [6, 6.07) is 5.25. The van der Waals surface area contributed by atoms with Crippen molar-refractivity contribution < 1.29 is 26.7 Å². The van der Waals surface area contributed by atoms with E-state index in [9.17, 15) is 22.0 Å². The third kappa shape index (κ3) is 5.38. The number of anilines is 1. The Morgan fingerprint density at radius 3 is 2.52 bits per heavy atom. The molecule has 0 aliphatic carbocycles. The van der Waals surface area contributed by atoms with Gasteiger partial charge in [0.25, 0.3) is 0 Å². The molecule has 2 aromatic carbocycles. The second kappa shape index (κ2) is 8.64. The van der Waals surface area contributed by atoms with Crippen LogP contribution in [0.15, 0.2) is 41.3 Å². The zero-order chi connectivity index (χ0) is 20.2. The van der Waals surface area contributed by atoms with E-state index in [0.717, 1.165) is 12.1 Å². The fourth-order valence-corrected chi connectivity index (χ4v) is 3.64. The van der Waals surface area contributed by atoms with Crippen LogP contribution in [0.5, 0.6) is 5.75 Å². The minimum Gasteiger partial charge on any atom is -0.492 e. The monoisotopic (exact) mass is 418 g/mol. The molecular formula is C17H17ClF2N2O4S. The lowest BCUT2D eigenvalue weighted by atomic mass is 10.2. The second-order valence-electron chi connectivity index (χ2n) is 5.48. The topological polar surface area (TPSA) is 84.5 Å². The Balaban J connectivity index is 2.12. The summed E-state index contributed by atoms with van der Waals surface area (Å²) in [4.78, 5) is 12.0. The highest BCUT2D eigenvalue weighted by atomic mass is 35.5. The van der Waals surface area contributed by atoms with Crippen molar-refractivity contribution in [2.45, 2.75) is 24.8 Å². The van der Waals surface area contributed by atoms with Crippen molar-refractivity contribution in [2.24, 2.45) is 0 Å². The molecule has 0 aromatic heterocycles. The van der Waals surface area contributed by atoms with Gasteiger partial charge in [-0.25, -0.2) is 17.2 Å². The first-order chi connectivity index (χ1) is 12.6. The number of carbonyl (C=O) groups excluding carboxylic acids is 1. The minimum absolute atomic E-state index is 0.102. The molecular weight excluding hydrogens is 402 g/mol. The molecule has 2 rings (SSSR count). The number of hydrogen-bond donors (Lipinski definition) is 2. The summed E-state index contributed by atoms with van der Waals surface area (Å²) in [6.07, 6.45) is 0. The first-order valence-electron chi connectivity index (χ1n) is 7.84. The van der Waals surface area contributed by atoms with Gasteiger partial charge in [0.05, 0.1) is 28.3 Å². The van der Waals surface area contributed by atoms with Crippen LogP contribution in [0.3, 0.4) is 0 Å². The zero-order valence-corrected chi connectivity index (χ0v) is 16.0. The molecule has 6 nitrogen and oxygen atoms in total. The number of ether oxygens (including phenoxy) is 1. The molecule has 0 bridgehead atoms. The summed E-state index contributed by atoms with van der Waals surface area (Å²) in [7, 11) is -4.07. The highest BCUT2D eigenvalue weighted by Gasteiger charge is 2.23. The minimum atomic E-state index is -4.07. The average molecular weight is 419 g/mol. The van der Waals surface area contributed by atoms with E-state index < -0.39 is 33.6 Å². The first kappa shape index (κ1) is 21.1. The van der Waals surface area contributed by atoms with Crippen molar-refractivity contribution in [3.63, 3.8) is 0 Å². The zero-order valence-electron chi connectivity index (χ0n) is 14.4. The van der Waals surface area contributed by atoms with Gasteiger partial charge in [0.2, 0.25) is 15.9 Å². The number of halogens is 3. The molecule has 1 atom stereocenters. The van der Waals surface area contributed by atoms with Gasteiger partial charge in [0.1, 0.15) is 17.4 Å². The van der Waals surface area contributed by atoms with Crippen LogP contribution < -0.4 is 14.8 Å². The number of sulfonamides is 1.